The molecule has 1 aromatic heterocycles. The molecule has 0 saturated heterocycles. The van der Waals surface area contributed by atoms with Gasteiger partial charge in [0.1, 0.15) is 0 Å². The Morgan fingerprint density at radius 2 is 2.00 bits per heavy atom. The van der Waals surface area contributed by atoms with E-state index in [4.69, 9.17) is 0 Å². The van der Waals surface area contributed by atoms with Crippen molar-refractivity contribution < 1.29 is 0 Å². The van der Waals surface area contributed by atoms with Crippen molar-refractivity contribution in [2.45, 2.75) is 52.0 Å². The predicted molar refractivity (Wildman–Crippen MR) is 51.8 cm³/mol. The predicted octanol–water partition coefficient (Wildman–Crippen LogP) is 2.25. The minimum atomic E-state index is 0.253. The van der Waals surface area contributed by atoms with E-state index >= 15 is 0 Å². The molecule has 0 amide bonds. The Bertz CT molecular complexity index is 336. The van der Waals surface area contributed by atoms with Crippen LogP contribution in [0, 0.1) is 0 Å². The summed E-state index contributed by atoms with van der Waals surface area (Å²) in [5.41, 5.74) is 2.75. The van der Waals surface area contributed by atoms with Crippen molar-refractivity contribution in [3.05, 3.63) is 11.4 Å². The summed E-state index contributed by atoms with van der Waals surface area (Å²) in [5.74, 6) is 0.482. The lowest BCUT2D eigenvalue weighted by Gasteiger charge is -2.43. The monoisotopic (exact) mass is 179 g/mol. The Morgan fingerprint density at radius 1 is 1.38 bits per heavy atom. The first-order chi connectivity index (χ1) is 5.96. The Labute approximate surface area is 79.1 Å². The molecule has 1 aliphatic heterocycles. The van der Waals surface area contributed by atoms with Crippen LogP contribution in [0.25, 0.3) is 0 Å². The Hall–Kier alpha value is -0.860. The molecule has 0 saturated carbocycles. The molecule has 2 rings (SSSR count). The van der Waals surface area contributed by atoms with Crippen molar-refractivity contribution in [1.29, 1.82) is 0 Å². The third-order valence-corrected chi connectivity index (χ3v) is 3.29. The van der Waals surface area contributed by atoms with Crippen molar-refractivity contribution >= 4 is 0 Å². The van der Waals surface area contributed by atoms with Gasteiger partial charge < -0.3 is 0 Å². The molecule has 0 spiro atoms. The molecule has 1 atom stereocenters. The van der Waals surface area contributed by atoms with Gasteiger partial charge in [-0.05, 0) is 12.8 Å². The minimum absolute atomic E-state index is 0.253. The van der Waals surface area contributed by atoms with Crippen molar-refractivity contribution in [3.8, 4) is 0 Å². The molecule has 0 N–H and O–H groups in total. The van der Waals surface area contributed by atoms with E-state index in [2.05, 4.69) is 49.6 Å². The molecule has 2 heterocycles. The van der Waals surface area contributed by atoms with Gasteiger partial charge in [0.2, 0.25) is 0 Å². The van der Waals surface area contributed by atoms with Gasteiger partial charge in [-0.1, -0.05) is 32.9 Å². The molecule has 3 heteroatoms. The first kappa shape index (κ1) is 8.73. The summed E-state index contributed by atoms with van der Waals surface area (Å²) in [7, 11) is 0. The summed E-state index contributed by atoms with van der Waals surface area (Å²) in [5, 5.41) is 8.40. The highest BCUT2D eigenvalue weighted by molar-refractivity contribution is 5.31. The lowest BCUT2D eigenvalue weighted by atomic mass is 9.73. The van der Waals surface area contributed by atoms with Crippen LogP contribution < -0.4 is 0 Å². The Kier molecular flexibility index (Phi) is 1.57. The number of fused-ring (bicyclic) bond motifs is 1. The largest absolute Gasteiger partial charge is 0.245 e. The fourth-order valence-corrected chi connectivity index (χ4v) is 2.03. The molecule has 1 aliphatic rings. The maximum atomic E-state index is 4.24. The molecular formula is C10H17N3. The maximum absolute atomic E-state index is 4.24. The summed E-state index contributed by atoms with van der Waals surface area (Å²) in [6.07, 6.45) is 0. The number of aromatic nitrogens is 3. The molecule has 1 unspecified atom stereocenters. The van der Waals surface area contributed by atoms with Crippen molar-refractivity contribution in [1.82, 2.24) is 15.0 Å². The van der Waals surface area contributed by atoms with Gasteiger partial charge in [0.15, 0.2) is 0 Å². The highest BCUT2D eigenvalue weighted by Gasteiger charge is 2.46. The van der Waals surface area contributed by atoms with Gasteiger partial charge in [0.05, 0.1) is 17.4 Å². The highest BCUT2D eigenvalue weighted by Crippen LogP contribution is 2.46. The highest BCUT2D eigenvalue weighted by atomic mass is 15.5. The average Bonchev–Trinajstić information content (AvgIpc) is 2.45. The van der Waals surface area contributed by atoms with Crippen LogP contribution in [0.3, 0.4) is 0 Å². The molecule has 0 bridgehead atoms. The van der Waals surface area contributed by atoms with E-state index in [0.717, 1.165) is 0 Å². The van der Waals surface area contributed by atoms with E-state index in [1.165, 1.54) is 11.4 Å². The van der Waals surface area contributed by atoms with Crippen LogP contribution in [0.5, 0.6) is 0 Å². The topological polar surface area (TPSA) is 30.7 Å². The van der Waals surface area contributed by atoms with Gasteiger partial charge in [-0.25, -0.2) is 4.68 Å². The van der Waals surface area contributed by atoms with Gasteiger partial charge in [-0.3, -0.25) is 0 Å². The van der Waals surface area contributed by atoms with E-state index in [1.807, 2.05) is 0 Å². The maximum Gasteiger partial charge on any atom is 0.0891 e. The third-order valence-electron chi connectivity index (χ3n) is 3.29. The van der Waals surface area contributed by atoms with Crippen molar-refractivity contribution in [3.63, 3.8) is 0 Å². The minimum Gasteiger partial charge on any atom is -0.245 e. The molecule has 72 valence electrons. The zero-order valence-electron chi connectivity index (χ0n) is 9.00. The van der Waals surface area contributed by atoms with Crippen LogP contribution in [-0.2, 0) is 5.41 Å². The van der Waals surface area contributed by atoms with Crippen molar-refractivity contribution in [2.75, 3.05) is 0 Å². The van der Waals surface area contributed by atoms with Crippen LogP contribution in [0.15, 0.2) is 0 Å². The second-order valence-corrected chi connectivity index (χ2v) is 4.82. The van der Waals surface area contributed by atoms with E-state index in [-0.39, 0.29) is 5.41 Å². The number of rotatable bonds is 1. The summed E-state index contributed by atoms with van der Waals surface area (Å²) in [6, 6.07) is 0.488. The zero-order chi connectivity index (χ0) is 9.80. The number of nitrogens with zero attached hydrogens (tertiary/aromatic N) is 3. The van der Waals surface area contributed by atoms with Crippen LogP contribution in [0.4, 0.5) is 0 Å². The van der Waals surface area contributed by atoms with Gasteiger partial charge in [0.25, 0.3) is 0 Å². The van der Waals surface area contributed by atoms with Crippen LogP contribution >= 0.6 is 0 Å². The number of hydrogen-bond donors (Lipinski definition) is 0. The van der Waals surface area contributed by atoms with Crippen LogP contribution in [-0.4, -0.2) is 15.0 Å². The third kappa shape index (κ3) is 0.901. The standard InChI is InChI=1S/C10H17N3/c1-6(2)8-9-10(4,5)7(3)13(9)12-11-8/h6-7H,1-5H3. The molecule has 0 aliphatic carbocycles. The van der Waals surface area contributed by atoms with E-state index in [1.54, 1.807) is 0 Å². The lowest BCUT2D eigenvalue weighted by Crippen LogP contribution is -2.43. The molecule has 3 nitrogen and oxygen atoms in total. The summed E-state index contributed by atoms with van der Waals surface area (Å²) < 4.78 is 2.05. The van der Waals surface area contributed by atoms with E-state index in [0.29, 0.717) is 12.0 Å². The lowest BCUT2D eigenvalue weighted by molar-refractivity contribution is 0.202. The Balaban J connectivity index is 2.52. The zero-order valence-corrected chi connectivity index (χ0v) is 9.00. The summed E-state index contributed by atoms with van der Waals surface area (Å²) in [4.78, 5) is 0. The molecule has 1 aromatic rings. The molecule has 13 heavy (non-hydrogen) atoms. The first-order valence-electron chi connectivity index (χ1n) is 4.91. The molecule has 0 fully saturated rings. The second-order valence-electron chi connectivity index (χ2n) is 4.82. The number of hydrogen-bond acceptors (Lipinski definition) is 2. The molecule has 0 aromatic carbocycles. The first-order valence-corrected chi connectivity index (χ1v) is 4.91. The van der Waals surface area contributed by atoms with Gasteiger partial charge in [-0.2, -0.15) is 0 Å². The summed E-state index contributed by atoms with van der Waals surface area (Å²) in [6.45, 7) is 11.1. The van der Waals surface area contributed by atoms with Gasteiger partial charge >= 0.3 is 0 Å². The second kappa shape index (κ2) is 2.34. The normalized spacial score (nSPS) is 24.3. The fourth-order valence-electron chi connectivity index (χ4n) is 2.03. The molecular weight excluding hydrogens is 162 g/mol. The molecule has 0 radical (unpaired) electrons. The quantitative estimate of drug-likeness (QED) is 0.662. The average molecular weight is 179 g/mol. The Morgan fingerprint density at radius 3 is 2.54 bits per heavy atom. The van der Waals surface area contributed by atoms with Gasteiger partial charge in [-0.15, -0.1) is 5.10 Å². The SMILES string of the molecule is CC(C)c1nnn2c1C(C)(C)C2C. The van der Waals surface area contributed by atoms with E-state index < -0.39 is 0 Å². The summed E-state index contributed by atoms with van der Waals surface area (Å²) >= 11 is 0. The fraction of sp³-hybridized carbons (Fsp3) is 0.800. The smallest absolute Gasteiger partial charge is 0.0891 e. The van der Waals surface area contributed by atoms with Crippen LogP contribution in [0.2, 0.25) is 0 Å². The van der Waals surface area contributed by atoms with Gasteiger partial charge in [0, 0.05) is 5.41 Å². The van der Waals surface area contributed by atoms with Crippen LogP contribution in [0.1, 0.15) is 58.0 Å². The van der Waals surface area contributed by atoms with E-state index in [9.17, 15) is 0 Å². The van der Waals surface area contributed by atoms with Crippen molar-refractivity contribution in [2.24, 2.45) is 0 Å².